The number of allylic oxidation sites excluding steroid dienone is 4. The molecule has 0 saturated heterocycles. The zero-order valence-corrected chi connectivity index (χ0v) is 17.1. The molecule has 2 heteroatoms. The largest absolute Gasteiger partial charge is 0.251 e. The molecular weight excluding hydrogens is 352 g/mol. The second-order valence-electron chi connectivity index (χ2n) is 8.10. The van der Waals surface area contributed by atoms with Gasteiger partial charge in [0.05, 0.1) is 11.0 Å². The van der Waals surface area contributed by atoms with Crippen LogP contribution >= 0.6 is 0 Å². The lowest BCUT2D eigenvalue weighted by molar-refractivity contribution is 0.749. The first-order chi connectivity index (χ1) is 14.1. The van der Waals surface area contributed by atoms with Crippen LogP contribution in [-0.4, -0.2) is 9.97 Å². The van der Waals surface area contributed by atoms with Crippen LogP contribution in [0.1, 0.15) is 30.3 Å². The Labute approximate surface area is 171 Å². The molecule has 2 nitrogen and oxygen atoms in total. The van der Waals surface area contributed by atoms with Crippen LogP contribution in [-0.2, 0) is 0 Å². The normalized spacial score (nSPS) is 16.4. The molecule has 2 aromatic heterocycles. The molecule has 4 aromatic rings. The molecule has 0 radical (unpaired) electrons. The summed E-state index contributed by atoms with van der Waals surface area (Å²) in [7, 11) is 0. The summed E-state index contributed by atoms with van der Waals surface area (Å²) in [5.74, 6) is 0.559. The molecule has 5 rings (SSSR count). The first-order valence-corrected chi connectivity index (χ1v) is 10.2. The van der Waals surface area contributed by atoms with E-state index in [0.29, 0.717) is 5.92 Å². The summed E-state index contributed by atoms with van der Waals surface area (Å²) in [6, 6.07) is 19.4. The molecule has 0 saturated carbocycles. The van der Waals surface area contributed by atoms with Crippen molar-refractivity contribution >= 4 is 27.4 Å². The predicted molar refractivity (Wildman–Crippen MR) is 123 cm³/mol. The molecule has 0 bridgehead atoms. The van der Waals surface area contributed by atoms with E-state index in [1.54, 1.807) is 0 Å². The fourth-order valence-electron chi connectivity index (χ4n) is 4.40. The summed E-state index contributed by atoms with van der Waals surface area (Å²) < 4.78 is 0. The van der Waals surface area contributed by atoms with Crippen molar-refractivity contribution in [3.63, 3.8) is 0 Å². The summed E-state index contributed by atoms with van der Waals surface area (Å²) in [5, 5.41) is 2.35. The molecule has 1 atom stereocenters. The molecule has 0 aliphatic heterocycles. The summed E-state index contributed by atoms with van der Waals surface area (Å²) in [5.41, 5.74) is 9.14. The lowest BCUT2D eigenvalue weighted by atomic mass is 9.88. The van der Waals surface area contributed by atoms with E-state index in [4.69, 9.17) is 9.97 Å². The summed E-state index contributed by atoms with van der Waals surface area (Å²) in [6.45, 7) is 6.42. The van der Waals surface area contributed by atoms with Gasteiger partial charge in [0, 0.05) is 22.2 Å². The van der Waals surface area contributed by atoms with Gasteiger partial charge in [0.2, 0.25) is 0 Å². The average molecular weight is 377 g/mol. The minimum Gasteiger partial charge on any atom is -0.251 e. The van der Waals surface area contributed by atoms with Gasteiger partial charge in [0.15, 0.2) is 0 Å². The molecule has 1 unspecified atom stereocenters. The van der Waals surface area contributed by atoms with E-state index >= 15 is 0 Å². The molecule has 0 N–H and O–H groups in total. The number of hydrogen-bond donors (Lipinski definition) is 0. The number of hydrogen-bond acceptors (Lipinski definition) is 2. The Morgan fingerprint density at radius 3 is 2.07 bits per heavy atom. The number of nitrogens with zero attached hydrogens (tertiary/aromatic N) is 2. The van der Waals surface area contributed by atoms with Crippen LogP contribution in [0.15, 0.2) is 72.8 Å². The maximum atomic E-state index is 4.95. The van der Waals surface area contributed by atoms with Crippen molar-refractivity contribution in [2.45, 2.75) is 27.2 Å². The Hall–Kier alpha value is -3.26. The van der Waals surface area contributed by atoms with Gasteiger partial charge < -0.3 is 0 Å². The van der Waals surface area contributed by atoms with Crippen LogP contribution in [0.5, 0.6) is 0 Å². The number of aromatic nitrogens is 2. The second-order valence-corrected chi connectivity index (χ2v) is 8.10. The van der Waals surface area contributed by atoms with Gasteiger partial charge in [-0.25, -0.2) is 0 Å². The fourth-order valence-corrected chi connectivity index (χ4v) is 4.40. The van der Waals surface area contributed by atoms with Crippen molar-refractivity contribution in [1.29, 1.82) is 0 Å². The lowest BCUT2D eigenvalue weighted by Crippen LogP contribution is -2.00. The van der Waals surface area contributed by atoms with E-state index in [1.807, 2.05) is 0 Å². The average Bonchev–Trinajstić information content (AvgIpc) is 2.73. The minimum absolute atomic E-state index is 0.559. The van der Waals surface area contributed by atoms with Crippen molar-refractivity contribution in [1.82, 2.24) is 9.97 Å². The molecule has 0 spiro atoms. The molecule has 0 fully saturated rings. The zero-order valence-electron chi connectivity index (χ0n) is 17.1. The van der Waals surface area contributed by atoms with E-state index in [9.17, 15) is 0 Å². The Bertz CT molecular complexity index is 1300. The van der Waals surface area contributed by atoms with Gasteiger partial charge in [-0.15, -0.1) is 0 Å². The van der Waals surface area contributed by atoms with Gasteiger partial charge in [-0.3, -0.25) is 9.97 Å². The zero-order chi connectivity index (χ0) is 20.0. The summed E-state index contributed by atoms with van der Waals surface area (Å²) >= 11 is 0. The van der Waals surface area contributed by atoms with Crippen molar-refractivity contribution in [3.8, 4) is 11.1 Å². The van der Waals surface area contributed by atoms with E-state index in [2.05, 4.69) is 93.6 Å². The third-order valence-electron chi connectivity index (χ3n) is 5.72. The first-order valence-electron chi connectivity index (χ1n) is 10.2. The highest BCUT2D eigenvalue weighted by atomic mass is 14.8. The Morgan fingerprint density at radius 2 is 1.41 bits per heavy atom. The van der Waals surface area contributed by atoms with Gasteiger partial charge in [0.25, 0.3) is 0 Å². The molecule has 0 amide bonds. The van der Waals surface area contributed by atoms with E-state index < -0.39 is 0 Å². The van der Waals surface area contributed by atoms with E-state index in [-0.39, 0.29) is 0 Å². The predicted octanol–water partition coefficient (Wildman–Crippen LogP) is 7.05. The Balaban J connectivity index is 1.83. The minimum atomic E-state index is 0.559. The smallest absolute Gasteiger partial charge is 0.0974 e. The van der Waals surface area contributed by atoms with Crippen LogP contribution in [0, 0.1) is 19.8 Å². The highest BCUT2D eigenvalue weighted by molar-refractivity contribution is 6.10. The SMILES string of the molecule is Cc1cc(C2=CC=CC(C)C2)c2ccc3c(-c4ccccc4)cc(C)nc3c2n1. The van der Waals surface area contributed by atoms with Crippen molar-refractivity contribution in [2.75, 3.05) is 0 Å². The molecule has 29 heavy (non-hydrogen) atoms. The third-order valence-corrected chi connectivity index (χ3v) is 5.72. The topological polar surface area (TPSA) is 25.8 Å². The third kappa shape index (κ3) is 3.15. The molecule has 2 heterocycles. The number of rotatable bonds is 2. The first kappa shape index (κ1) is 17.8. The van der Waals surface area contributed by atoms with Crippen LogP contribution in [0.2, 0.25) is 0 Å². The highest BCUT2D eigenvalue weighted by Crippen LogP contribution is 2.37. The van der Waals surface area contributed by atoms with Crippen LogP contribution < -0.4 is 0 Å². The standard InChI is InChI=1S/C27H24N2/c1-17-8-7-11-21(14-17)25-16-19(3)29-27-23(25)13-12-22-24(15-18(2)28-26(22)27)20-9-5-4-6-10-20/h4-13,15-17H,14H2,1-3H3. The molecule has 142 valence electrons. The second kappa shape index (κ2) is 6.97. The van der Waals surface area contributed by atoms with Crippen LogP contribution in [0.25, 0.3) is 38.5 Å². The van der Waals surface area contributed by atoms with Gasteiger partial charge in [0.1, 0.15) is 0 Å². The number of aryl methyl sites for hydroxylation is 2. The number of benzene rings is 2. The summed E-state index contributed by atoms with van der Waals surface area (Å²) in [6.07, 6.45) is 7.76. The van der Waals surface area contributed by atoms with Crippen LogP contribution in [0.4, 0.5) is 0 Å². The maximum absolute atomic E-state index is 4.95. The van der Waals surface area contributed by atoms with E-state index in [1.165, 1.54) is 27.6 Å². The van der Waals surface area contributed by atoms with Crippen molar-refractivity contribution in [2.24, 2.45) is 5.92 Å². The molecular formula is C27H24N2. The van der Waals surface area contributed by atoms with Gasteiger partial charge in [-0.2, -0.15) is 0 Å². The Morgan fingerprint density at radius 1 is 0.793 bits per heavy atom. The van der Waals surface area contributed by atoms with Gasteiger partial charge >= 0.3 is 0 Å². The monoisotopic (exact) mass is 376 g/mol. The van der Waals surface area contributed by atoms with Gasteiger partial charge in [-0.1, -0.05) is 67.6 Å². The number of fused-ring (bicyclic) bond motifs is 3. The van der Waals surface area contributed by atoms with Crippen molar-refractivity contribution < 1.29 is 0 Å². The summed E-state index contributed by atoms with van der Waals surface area (Å²) in [4.78, 5) is 9.88. The van der Waals surface area contributed by atoms with Gasteiger partial charge in [-0.05, 0) is 60.6 Å². The van der Waals surface area contributed by atoms with Crippen molar-refractivity contribution in [3.05, 3.63) is 89.8 Å². The Kier molecular flexibility index (Phi) is 4.28. The number of pyridine rings is 2. The van der Waals surface area contributed by atoms with Crippen LogP contribution in [0.3, 0.4) is 0 Å². The molecule has 1 aliphatic carbocycles. The quantitative estimate of drug-likeness (QED) is 0.350. The maximum Gasteiger partial charge on any atom is 0.0974 e. The molecule has 1 aliphatic rings. The lowest BCUT2D eigenvalue weighted by Gasteiger charge is -2.18. The fraction of sp³-hybridized carbons (Fsp3) is 0.185. The van der Waals surface area contributed by atoms with E-state index in [0.717, 1.165) is 34.2 Å². The highest BCUT2D eigenvalue weighted by Gasteiger charge is 2.16. The molecule has 2 aromatic carbocycles.